The molecule has 1 saturated heterocycles. The van der Waals surface area contributed by atoms with E-state index in [1.54, 1.807) is 10.9 Å². The van der Waals surface area contributed by atoms with E-state index < -0.39 is 0 Å². The van der Waals surface area contributed by atoms with Crippen molar-refractivity contribution in [1.82, 2.24) is 15.1 Å². The number of hydrogen-bond acceptors (Lipinski definition) is 3. The Balaban J connectivity index is 1.65. The van der Waals surface area contributed by atoms with Crippen molar-refractivity contribution in [3.8, 4) is 11.4 Å². The molecule has 19 heavy (non-hydrogen) atoms. The summed E-state index contributed by atoms with van der Waals surface area (Å²) in [5.41, 5.74) is 0.935. The zero-order valence-electron chi connectivity index (χ0n) is 10.6. The molecule has 1 unspecified atom stereocenters. The third-order valence-corrected chi connectivity index (χ3v) is 3.51. The van der Waals surface area contributed by atoms with Gasteiger partial charge in [0, 0.05) is 17.5 Å². The van der Waals surface area contributed by atoms with E-state index in [9.17, 15) is 0 Å². The fraction of sp³-hybridized carbons (Fsp3) is 0.357. The van der Waals surface area contributed by atoms with E-state index in [0.29, 0.717) is 10.9 Å². The first-order valence-electron chi connectivity index (χ1n) is 6.45. The second kappa shape index (κ2) is 5.63. The minimum atomic E-state index is 0.606. The summed E-state index contributed by atoms with van der Waals surface area (Å²) in [5.74, 6) is 1.40. The quantitative estimate of drug-likeness (QED) is 0.933. The molecule has 0 radical (unpaired) electrons. The first-order chi connectivity index (χ1) is 9.31. The summed E-state index contributed by atoms with van der Waals surface area (Å²) in [7, 11) is 0. The second-order valence-electron chi connectivity index (χ2n) is 4.77. The summed E-state index contributed by atoms with van der Waals surface area (Å²) in [5, 5.41) is 8.32. The Morgan fingerprint density at radius 3 is 3.21 bits per heavy atom. The van der Waals surface area contributed by atoms with Crippen molar-refractivity contribution in [3.63, 3.8) is 0 Å². The Morgan fingerprint density at radius 2 is 2.42 bits per heavy atom. The number of aromatic nitrogens is 2. The average Bonchev–Trinajstić information content (AvgIpc) is 3.08. The van der Waals surface area contributed by atoms with Crippen molar-refractivity contribution < 1.29 is 4.74 Å². The smallest absolute Gasteiger partial charge is 0.157 e. The number of halogens is 1. The number of nitrogens with one attached hydrogen (secondary N) is 1. The summed E-state index contributed by atoms with van der Waals surface area (Å²) in [4.78, 5) is 0. The largest absolute Gasteiger partial charge is 0.490 e. The standard InChI is InChI=1S/C14H16ClN3O/c15-12-2-1-3-13(6-12)18-9-14(8-17-18)19-10-11-4-5-16-7-11/h1-3,6,8-9,11,16H,4-5,7,10H2. The Bertz CT molecular complexity index is 549. The molecule has 0 amide bonds. The van der Waals surface area contributed by atoms with Crippen molar-refractivity contribution in [2.45, 2.75) is 6.42 Å². The van der Waals surface area contributed by atoms with Crippen LogP contribution in [0.2, 0.25) is 5.02 Å². The minimum Gasteiger partial charge on any atom is -0.490 e. The molecule has 2 heterocycles. The van der Waals surface area contributed by atoms with Crippen LogP contribution < -0.4 is 10.1 Å². The van der Waals surface area contributed by atoms with Gasteiger partial charge in [0.2, 0.25) is 0 Å². The molecule has 1 N–H and O–H groups in total. The average molecular weight is 278 g/mol. The summed E-state index contributed by atoms with van der Waals surface area (Å²) in [6.45, 7) is 2.88. The lowest BCUT2D eigenvalue weighted by molar-refractivity contribution is 0.260. The first kappa shape index (κ1) is 12.5. The molecule has 3 rings (SSSR count). The molecular weight excluding hydrogens is 262 g/mol. The third-order valence-electron chi connectivity index (χ3n) is 3.28. The molecule has 2 aromatic rings. The van der Waals surface area contributed by atoms with Crippen LogP contribution in [0.25, 0.3) is 5.69 Å². The van der Waals surface area contributed by atoms with Crippen LogP contribution in [0, 0.1) is 5.92 Å². The van der Waals surface area contributed by atoms with Crippen LogP contribution in [0.4, 0.5) is 0 Å². The lowest BCUT2D eigenvalue weighted by Crippen LogP contribution is -2.15. The van der Waals surface area contributed by atoms with Gasteiger partial charge >= 0.3 is 0 Å². The summed E-state index contributed by atoms with van der Waals surface area (Å²) < 4.78 is 7.54. The van der Waals surface area contributed by atoms with Gasteiger partial charge in [-0.15, -0.1) is 0 Å². The maximum atomic E-state index is 5.97. The lowest BCUT2D eigenvalue weighted by Gasteiger charge is -2.08. The highest BCUT2D eigenvalue weighted by Crippen LogP contribution is 2.18. The summed E-state index contributed by atoms with van der Waals surface area (Å²) >= 11 is 5.97. The van der Waals surface area contributed by atoms with E-state index in [4.69, 9.17) is 16.3 Å². The third kappa shape index (κ3) is 3.08. The fourth-order valence-corrected chi connectivity index (χ4v) is 2.40. The Hall–Kier alpha value is -1.52. The molecule has 0 saturated carbocycles. The number of hydrogen-bond donors (Lipinski definition) is 1. The molecular formula is C14H16ClN3O. The van der Waals surface area contributed by atoms with E-state index in [0.717, 1.165) is 31.1 Å². The molecule has 4 nitrogen and oxygen atoms in total. The molecule has 0 aliphatic carbocycles. The van der Waals surface area contributed by atoms with Gasteiger partial charge in [-0.25, -0.2) is 4.68 Å². The van der Waals surface area contributed by atoms with Crippen molar-refractivity contribution in [2.75, 3.05) is 19.7 Å². The van der Waals surface area contributed by atoms with E-state index in [-0.39, 0.29) is 0 Å². The highest BCUT2D eigenvalue weighted by atomic mass is 35.5. The van der Waals surface area contributed by atoms with Crippen LogP contribution in [0.3, 0.4) is 0 Å². The van der Waals surface area contributed by atoms with Gasteiger partial charge in [-0.1, -0.05) is 17.7 Å². The first-order valence-corrected chi connectivity index (χ1v) is 6.83. The van der Waals surface area contributed by atoms with Crippen LogP contribution in [0.1, 0.15) is 6.42 Å². The topological polar surface area (TPSA) is 39.1 Å². The molecule has 0 bridgehead atoms. The Labute approximate surface area is 117 Å². The zero-order chi connectivity index (χ0) is 13.1. The van der Waals surface area contributed by atoms with Crippen molar-refractivity contribution in [3.05, 3.63) is 41.7 Å². The van der Waals surface area contributed by atoms with Crippen molar-refractivity contribution in [1.29, 1.82) is 0 Å². The molecule has 1 aliphatic heterocycles. The van der Waals surface area contributed by atoms with Crippen LogP contribution in [0.15, 0.2) is 36.7 Å². The predicted molar refractivity (Wildman–Crippen MR) is 75.0 cm³/mol. The van der Waals surface area contributed by atoms with E-state index >= 15 is 0 Å². The Kier molecular flexibility index (Phi) is 3.71. The summed E-state index contributed by atoms with van der Waals surface area (Å²) in [6, 6.07) is 7.59. The minimum absolute atomic E-state index is 0.606. The molecule has 1 aliphatic rings. The van der Waals surface area contributed by atoms with Crippen molar-refractivity contribution >= 4 is 11.6 Å². The molecule has 0 spiro atoms. The maximum absolute atomic E-state index is 5.97. The molecule has 100 valence electrons. The van der Waals surface area contributed by atoms with E-state index in [1.807, 2.05) is 30.5 Å². The van der Waals surface area contributed by atoms with Gasteiger partial charge in [-0.3, -0.25) is 0 Å². The van der Waals surface area contributed by atoms with Gasteiger partial charge in [0.1, 0.15) is 0 Å². The van der Waals surface area contributed by atoms with Gasteiger partial charge in [0.05, 0.1) is 24.7 Å². The molecule has 1 fully saturated rings. The number of benzene rings is 1. The van der Waals surface area contributed by atoms with Gasteiger partial charge in [-0.05, 0) is 31.2 Å². The number of nitrogens with zero attached hydrogens (tertiary/aromatic N) is 2. The SMILES string of the molecule is Clc1cccc(-n2cc(OCC3CCNC3)cn2)c1. The normalized spacial score (nSPS) is 18.7. The summed E-state index contributed by atoms with van der Waals surface area (Å²) in [6.07, 6.45) is 4.81. The molecule has 5 heteroatoms. The Morgan fingerprint density at radius 1 is 1.47 bits per heavy atom. The molecule has 1 atom stereocenters. The lowest BCUT2D eigenvalue weighted by atomic mass is 10.1. The van der Waals surface area contributed by atoms with E-state index in [2.05, 4.69) is 10.4 Å². The van der Waals surface area contributed by atoms with Gasteiger partial charge in [-0.2, -0.15) is 5.10 Å². The van der Waals surface area contributed by atoms with Crippen LogP contribution in [-0.2, 0) is 0 Å². The number of ether oxygens (including phenoxy) is 1. The van der Waals surface area contributed by atoms with E-state index in [1.165, 1.54) is 6.42 Å². The highest BCUT2D eigenvalue weighted by molar-refractivity contribution is 6.30. The second-order valence-corrected chi connectivity index (χ2v) is 5.21. The number of rotatable bonds is 4. The van der Waals surface area contributed by atoms with Gasteiger partial charge in [0.15, 0.2) is 5.75 Å². The van der Waals surface area contributed by atoms with Crippen molar-refractivity contribution in [2.24, 2.45) is 5.92 Å². The zero-order valence-corrected chi connectivity index (χ0v) is 11.3. The molecule has 1 aromatic heterocycles. The monoisotopic (exact) mass is 277 g/mol. The fourth-order valence-electron chi connectivity index (χ4n) is 2.21. The van der Waals surface area contributed by atoms with Gasteiger partial charge in [0.25, 0.3) is 0 Å². The van der Waals surface area contributed by atoms with Crippen LogP contribution >= 0.6 is 11.6 Å². The van der Waals surface area contributed by atoms with Gasteiger partial charge < -0.3 is 10.1 Å². The van der Waals surface area contributed by atoms with Crippen LogP contribution in [-0.4, -0.2) is 29.5 Å². The predicted octanol–water partition coefficient (Wildman–Crippen LogP) is 2.51. The molecule has 1 aromatic carbocycles. The maximum Gasteiger partial charge on any atom is 0.157 e. The van der Waals surface area contributed by atoms with Crippen LogP contribution in [0.5, 0.6) is 5.75 Å². The highest BCUT2D eigenvalue weighted by Gasteiger charge is 2.15.